The number of amides is 1. The summed E-state index contributed by atoms with van der Waals surface area (Å²) < 4.78 is 30.1. The van der Waals surface area contributed by atoms with E-state index in [-0.39, 0.29) is 11.7 Å². The minimum absolute atomic E-state index is 0.192. The van der Waals surface area contributed by atoms with Gasteiger partial charge in [-0.15, -0.1) is 11.3 Å². The number of thiazole rings is 1. The molecule has 0 bridgehead atoms. The zero-order valence-corrected chi connectivity index (χ0v) is 21.9. The maximum atomic E-state index is 12.4. The van der Waals surface area contributed by atoms with Crippen molar-refractivity contribution in [1.29, 1.82) is 0 Å². The maximum Gasteiger partial charge on any atom is 0.407 e. The van der Waals surface area contributed by atoms with E-state index in [9.17, 15) is 13.2 Å². The molecule has 0 atom stereocenters. The summed E-state index contributed by atoms with van der Waals surface area (Å²) >= 11 is 1.49. The topological polar surface area (TPSA) is 111 Å². The van der Waals surface area contributed by atoms with Crippen molar-refractivity contribution in [2.45, 2.75) is 58.3 Å². The number of hydrogen-bond acceptors (Lipinski definition) is 8. The molecule has 34 heavy (non-hydrogen) atoms. The van der Waals surface area contributed by atoms with Crippen LogP contribution in [0, 0.1) is 5.92 Å². The summed E-state index contributed by atoms with van der Waals surface area (Å²) in [6, 6.07) is 9.12. The average Bonchev–Trinajstić information content (AvgIpc) is 3.18. The molecule has 3 rings (SSSR count). The van der Waals surface area contributed by atoms with E-state index in [4.69, 9.17) is 4.74 Å². The Morgan fingerprint density at radius 3 is 2.47 bits per heavy atom. The van der Waals surface area contributed by atoms with E-state index in [1.54, 1.807) is 33.0 Å². The number of nitrogens with zero attached hydrogens (tertiary/aromatic N) is 3. The van der Waals surface area contributed by atoms with Gasteiger partial charge in [-0.2, -0.15) is 0 Å². The van der Waals surface area contributed by atoms with Crippen LogP contribution in [0.2, 0.25) is 0 Å². The quantitative estimate of drug-likeness (QED) is 0.458. The summed E-state index contributed by atoms with van der Waals surface area (Å²) in [5.41, 5.74) is 1.79. The standard InChI is InChI=1S/C24H30N4O4S2/c1-15(2)11-21-25-14-20(33-21)19-12-18(27-22(28-19)34(6,30)31)17-10-8-7-9-16(17)13-26-23(29)32-24(3,4)5/h7-10,12,14-15H,11,13H2,1-6H3,(H,26,29). The first-order chi connectivity index (χ1) is 15.8. The molecule has 0 aliphatic rings. The van der Waals surface area contributed by atoms with Gasteiger partial charge in [0.05, 0.1) is 21.3 Å². The molecule has 0 aliphatic carbocycles. The second-order valence-corrected chi connectivity index (χ2v) is 12.4. The summed E-state index contributed by atoms with van der Waals surface area (Å²) in [4.78, 5) is 26.0. The molecule has 0 unspecified atom stereocenters. The van der Waals surface area contributed by atoms with E-state index in [1.165, 1.54) is 11.3 Å². The van der Waals surface area contributed by atoms with Crippen LogP contribution in [0.1, 0.15) is 45.2 Å². The summed E-state index contributed by atoms with van der Waals surface area (Å²) in [5.74, 6) is 0.455. The third-order valence-corrected chi connectivity index (χ3v) is 6.43. The van der Waals surface area contributed by atoms with Gasteiger partial charge in [-0.1, -0.05) is 38.1 Å². The lowest BCUT2D eigenvalue weighted by molar-refractivity contribution is 0.0523. The van der Waals surface area contributed by atoms with Crippen molar-refractivity contribution in [3.05, 3.63) is 47.1 Å². The highest BCUT2D eigenvalue weighted by molar-refractivity contribution is 7.90. The van der Waals surface area contributed by atoms with Crippen LogP contribution in [0.5, 0.6) is 0 Å². The third-order valence-electron chi connectivity index (χ3n) is 4.54. The molecule has 1 amide bonds. The van der Waals surface area contributed by atoms with Crippen molar-refractivity contribution < 1.29 is 17.9 Å². The molecule has 0 saturated carbocycles. The summed E-state index contributed by atoms with van der Waals surface area (Å²) in [7, 11) is -3.66. The molecule has 2 aromatic heterocycles. The number of rotatable bonds is 7. The fourth-order valence-corrected chi connectivity index (χ4v) is 4.75. The zero-order valence-electron chi connectivity index (χ0n) is 20.2. The molecule has 0 aliphatic heterocycles. The van der Waals surface area contributed by atoms with Gasteiger partial charge in [0.1, 0.15) is 5.60 Å². The van der Waals surface area contributed by atoms with Crippen molar-refractivity contribution in [2.24, 2.45) is 5.92 Å². The number of ether oxygens (including phenoxy) is 1. The van der Waals surface area contributed by atoms with Crippen molar-refractivity contribution >= 4 is 27.3 Å². The number of carbonyl (C=O) groups excluding carboxylic acids is 1. The molecule has 0 radical (unpaired) electrons. The van der Waals surface area contributed by atoms with Crippen LogP contribution >= 0.6 is 11.3 Å². The molecule has 0 spiro atoms. The van der Waals surface area contributed by atoms with Gasteiger partial charge in [0, 0.05) is 31.0 Å². The van der Waals surface area contributed by atoms with Crippen LogP contribution in [0.4, 0.5) is 4.79 Å². The molecule has 3 aromatic rings. The van der Waals surface area contributed by atoms with Crippen molar-refractivity contribution in [3.63, 3.8) is 0 Å². The maximum absolute atomic E-state index is 12.4. The minimum atomic E-state index is -3.66. The molecule has 0 fully saturated rings. The van der Waals surface area contributed by atoms with Crippen LogP contribution in [0.15, 0.2) is 41.7 Å². The van der Waals surface area contributed by atoms with Gasteiger partial charge in [-0.3, -0.25) is 0 Å². The van der Waals surface area contributed by atoms with Gasteiger partial charge in [-0.05, 0) is 38.3 Å². The van der Waals surface area contributed by atoms with Crippen molar-refractivity contribution in [2.75, 3.05) is 6.26 Å². The Hall–Kier alpha value is -2.85. The normalized spacial score (nSPS) is 12.1. The van der Waals surface area contributed by atoms with E-state index < -0.39 is 21.5 Å². The highest BCUT2D eigenvalue weighted by Gasteiger charge is 2.20. The fourth-order valence-electron chi connectivity index (χ4n) is 3.13. The van der Waals surface area contributed by atoms with Crippen LogP contribution in [-0.4, -0.2) is 41.3 Å². The Labute approximate surface area is 204 Å². The Morgan fingerprint density at radius 1 is 1.15 bits per heavy atom. The number of benzene rings is 1. The highest BCUT2D eigenvalue weighted by atomic mass is 32.2. The number of hydrogen-bond donors (Lipinski definition) is 1. The lowest BCUT2D eigenvalue weighted by atomic mass is 10.0. The monoisotopic (exact) mass is 502 g/mol. The molecule has 10 heteroatoms. The van der Waals surface area contributed by atoms with Gasteiger partial charge in [0.15, 0.2) is 0 Å². The van der Waals surface area contributed by atoms with Crippen LogP contribution in [-0.2, 0) is 27.5 Å². The number of sulfone groups is 1. The van der Waals surface area contributed by atoms with Gasteiger partial charge in [-0.25, -0.2) is 28.2 Å². The van der Waals surface area contributed by atoms with E-state index in [0.29, 0.717) is 22.9 Å². The molecule has 0 saturated heterocycles. The van der Waals surface area contributed by atoms with Gasteiger partial charge in [0.2, 0.25) is 15.0 Å². The van der Waals surface area contributed by atoms with Gasteiger partial charge >= 0.3 is 6.09 Å². The average molecular weight is 503 g/mol. The Balaban J connectivity index is 2.01. The Kier molecular flexibility index (Phi) is 7.72. The van der Waals surface area contributed by atoms with Crippen LogP contribution in [0.25, 0.3) is 21.8 Å². The predicted octanol–water partition coefficient (Wildman–Crippen LogP) is 4.89. The van der Waals surface area contributed by atoms with Crippen LogP contribution in [0.3, 0.4) is 0 Å². The minimum Gasteiger partial charge on any atom is -0.444 e. The molecular weight excluding hydrogens is 472 g/mol. The largest absolute Gasteiger partial charge is 0.444 e. The number of carbonyl (C=O) groups is 1. The van der Waals surface area contributed by atoms with E-state index in [0.717, 1.165) is 28.1 Å². The lowest BCUT2D eigenvalue weighted by Crippen LogP contribution is -2.32. The number of alkyl carbamates (subject to hydrolysis) is 1. The van der Waals surface area contributed by atoms with Gasteiger partial charge < -0.3 is 10.1 Å². The molecule has 182 valence electrons. The zero-order chi connectivity index (χ0) is 25.1. The highest BCUT2D eigenvalue weighted by Crippen LogP contribution is 2.31. The molecule has 1 N–H and O–H groups in total. The number of aromatic nitrogens is 3. The summed E-state index contributed by atoms with van der Waals surface area (Å²) in [5, 5.41) is 3.46. The molecule has 2 heterocycles. The smallest absolute Gasteiger partial charge is 0.407 e. The predicted molar refractivity (Wildman–Crippen MR) is 133 cm³/mol. The second kappa shape index (κ2) is 10.2. The van der Waals surface area contributed by atoms with Gasteiger partial charge in [0.25, 0.3) is 0 Å². The van der Waals surface area contributed by atoms with E-state index in [1.807, 2.05) is 24.3 Å². The molecular formula is C24H30N4O4S2. The lowest BCUT2D eigenvalue weighted by Gasteiger charge is -2.20. The first-order valence-corrected chi connectivity index (χ1v) is 13.6. The van der Waals surface area contributed by atoms with Crippen molar-refractivity contribution in [3.8, 4) is 21.8 Å². The first kappa shape index (κ1) is 25.8. The SMILES string of the molecule is CC(C)Cc1ncc(-c2cc(-c3ccccc3CNC(=O)OC(C)(C)C)nc(S(C)(=O)=O)n2)s1. The van der Waals surface area contributed by atoms with E-state index in [2.05, 4.69) is 34.1 Å². The Bertz CT molecular complexity index is 1280. The summed E-state index contributed by atoms with van der Waals surface area (Å²) in [6.07, 6.45) is 3.10. The summed E-state index contributed by atoms with van der Waals surface area (Å²) in [6.45, 7) is 9.81. The van der Waals surface area contributed by atoms with Crippen molar-refractivity contribution in [1.82, 2.24) is 20.3 Å². The molecule has 1 aromatic carbocycles. The number of nitrogens with one attached hydrogen (secondary N) is 1. The second-order valence-electron chi connectivity index (χ2n) is 9.42. The first-order valence-electron chi connectivity index (χ1n) is 10.9. The molecule has 8 nitrogen and oxygen atoms in total. The third kappa shape index (κ3) is 7.07. The fraction of sp³-hybridized carbons (Fsp3) is 0.417. The Morgan fingerprint density at radius 2 is 1.82 bits per heavy atom. The van der Waals surface area contributed by atoms with Crippen LogP contribution < -0.4 is 5.32 Å². The van der Waals surface area contributed by atoms with E-state index >= 15 is 0 Å².